The molecule has 0 spiro atoms. The van der Waals surface area contributed by atoms with Crippen LogP contribution in [0.3, 0.4) is 0 Å². The van der Waals surface area contributed by atoms with E-state index in [0.29, 0.717) is 12.4 Å². The molecule has 6 heteroatoms. The molecule has 2 atom stereocenters. The maximum Gasteiger partial charge on any atom is 0.315 e. The van der Waals surface area contributed by atoms with E-state index in [1.807, 2.05) is 6.92 Å². The molecule has 188 valence electrons. The molecular formula is C26H48O5S. The van der Waals surface area contributed by atoms with Gasteiger partial charge in [0, 0.05) is 6.92 Å². The van der Waals surface area contributed by atoms with Crippen LogP contribution in [0.5, 0.6) is 0 Å². The third-order valence-corrected chi connectivity index (χ3v) is 6.96. The first-order valence-electron chi connectivity index (χ1n) is 12.8. The Hall–Kier alpha value is -1.01. The standard InChI is InChI=1S/C24H44O3S.C2H4O2/c1-3-5-6-7-8-9-10-11-12-13-14-15-17-21-18-16-19-22(25)24(21)28-20-23(26)27-4-2;1-2(3)4/h17,22,24-25H,3-16,18-20H2,1-2H3;1H3,(H,3,4). The van der Waals surface area contributed by atoms with E-state index in [0.717, 1.165) is 32.6 Å². The molecular weight excluding hydrogens is 424 g/mol. The largest absolute Gasteiger partial charge is 0.481 e. The maximum absolute atomic E-state index is 11.6. The average molecular weight is 473 g/mol. The Balaban J connectivity index is 0.00000220. The molecule has 0 radical (unpaired) electrons. The summed E-state index contributed by atoms with van der Waals surface area (Å²) >= 11 is 1.55. The second-order valence-electron chi connectivity index (χ2n) is 8.62. The zero-order chi connectivity index (χ0) is 24.0. The minimum Gasteiger partial charge on any atom is -0.481 e. The Morgan fingerprint density at radius 1 is 1.00 bits per heavy atom. The highest BCUT2D eigenvalue weighted by Crippen LogP contribution is 2.34. The number of carbonyl (C=O) groups is 2. The zero-order valence-corrected chi connectivity index (χ0v) is 21.6. The summed E-state index contributed by atoms with van der Waals surface area (Å²) in [6.07, 6.45) is 21.2. The number of allylic oxidation sites excluding steroid dienone is 1. The quantitative estimate of drug-likeness (QED) is 0.144. The molecule has 32 heavy (non-hydrogen) atoms. The van der Waals surface area contributed by atoms with Crippen LogP contribution in [-0.2, 0) is 14.3 Å². The number of unbranched alkanes of at least 4 members (excludes halogenated alkanes) is 11. The summed E-state index contributed by atoms with van der Waals surface area (Å²) in [6, 6.07) is 0. The van der Waals surface area contributed by atoms with Gasteiger partial charge < -0.3 is 14.9 Å². The molecule has 0 aliphatic heterocycles. The molecule has 1 fully saturated rings. The van der Waals surface area contributed by atoms with Crippen molar-refractivity contribution >= 4 is 23.7 Å². The lowest BCUT2D eigenvalue weighted by molar-refractivity contribution is -0.140. The number of carboxylic acid groups (broad SMARTS) is 1. The molecule has 1 rings (SSSR count). The van der Waals surface area contributed by atoms with E-state index in [4.69, 9.17) is 14.6 Å². The average Bonchev–Trinajstić information content (AvgIpc) is 2.74. The Morgan fingerprint density at radius 2 is 1.53 bits per heavy atom. The summed E-state index contributed by atoms with van der Waals surface area (Å²) in [5, 5.41) is 17.9. The van der Waals surface area contributed by atoms with Crippen LogP contribution in [0.2, 0.25) is 0 Å². The van der Waals surface area contributed by atoms with E-state index >= 15 is 0 Å². The topological polar surface area (TPSA) is 83.8 Å². The van der Waals surface area contributed by atoms with E-state index in [1.54, 1.807) is 11.8 Å². The van der Waals surface area contributed by atoms with Crippen molar-refractivity contribution in [3.05, 3.63) is 11.6 Å². The lowest BCUT2D eigenvalue weighted by Gasteiger charge is -2.30. The number of aliphatic hydroxyl groups excluding tert-OH is 1. The molecule has 2 unspecified atom stereocenters. The van der Waals surface area contributed by atoms with Gasteiger partial charge >= 0.3 is 5.97 Å². The third-order valence-electron chi connectivity index (χ3n) is 5.58. The number of aliphatic hydroxyl groups is 1. The number of thioether (sulfide) groups is 1. The maximum atomic E-state index is 11.6. The van der Waals surface area contributed by atoms with Gasteiger partial charge in [-0.05, 0) is 39.0 Å². The number of carbonyl (C=O) groups excluding carboxylic acids is 1. The van der Waals surface area contributed by atoms with E-state index in [9.17, 15) is 9.90 Å². The Kier molecular flexibility index (Phi) is 21.1. The van der Waals surface area contributed by atoms with Crippen LogP contribution < -0.4 is 0 Å². The van der Waals surface area contributed by atoms with Gasteiger partial charge in [-0.25, -0.2) is 0 Å². The van der Waals surface area contributed by atoms with Crippen molar-refractivity contribution in [3.8, 4) is 0 Å². The first kappa shape index (κ1) is 31.0. The van der Waals surface area contributed by atoms with Crippen LogP contribution in [0.25, 0.3) is 0 Å². The van der Waals surface area contributed by atoms with Crippen molar-refractivity contribution in [2.24, 2.45) is 0 Å². The van der Waals surface area contributed by atoms with Crippen molar-refractivity contribution in [3.63, 3.8) is 0 Å². The molecule has 0 bridgehead atoms. The Bertz CT molecular complexity index is 502. The zero-order valence-electron chi connectivity index (χ0n) is 20.8. The number of aliphatic carboxylic acids is 1. The highest BCUT2D eigenvalue weighted by Gasteiger charge is 2.28. The number of hydrogen-bond donors (Lipinski definition) is 2. The molecule has 0 aromatic rings. The van der Waals surface area contributed by atoms with Crippen LogP contribution in [0.4, 0.5) is 0 Å². The van der Waals surface area contributed by atoms with E-state index in [-0.39, 0.29) is 17.3 Å². The minimum atomic E-state index is -0.833. The van der Waals surface area contributed by atoms with Gasteiger partial charge in [-0.15, -0.1) is 11.8 Å². The normalized spacial score (nSPS) is 19.3. The van der Waals surface area contributed by atoms with Crippen molar-refractivity contribution in [2.75, 3.05) is 12.4 Å². The van der Waals surface area contributed by atoms with Crippen LogP contribution in [0.15, 0.2) is 11.6 Å². The van der Waals surface area contributed by atoms with Gasteiger partial charge in [0.15, 0.2) is 0 Å². The summed E-state index contributed by atoms with van der Waals surface area (Å²) in [4.78, 5) is 20.6. The SMILES string of the molecule is CC(=O)O.CCCCCCCCCCCCCC=C1CCCC(O)C1SCC(=O)OCC. The molecule has 2 N–H and O–H groups in total. The molecule has 1 aliphatic rings. The number of hydrogen-bond acceptors (Lipinski definition) is 5. The van der Waals surface area contributed by atoms with Crippen molar-refractivity contribution in [2.45, 2.75) is 128 Å². The molecule has 1 saturated carbocycles. The van der Waals surface area contributed by atoms with Gasteiger partial charge in [-0.1, -0.05) is 82.8 Å². The van der Waals surface area contributed by atoms with Crippen LogP contribution in [0.1, 0.15) is 117 Å². The molecule has 0 amide bonds. The van der Waals surface area contributed by atoms with Crippen LogP contribution >= 0.6 is 11.8 Å². The Morgan fingerprint density at radius 3 is 2.06 bits per heavy atom. The number of rotatable bonds is 16. The van der Waals surface area contributed by atoms with Crippen molar-refractivity contribution < 1.29 is 24.5 Å². The monoisotopic (exact) mass is 472 g/mol. The molecule has 1 aliphatic carbocycles. The minimum absolute atomic E-state index is 0.0749. The van der Waals surface area contributed by atoms with E-state index < -0.39 is 5.97 Å². The second-order valence-corrected chi connectivity index (χ2v) is 9.75. The van der Waals surface area contributed by atoms with Crippen molar-refractivity contribution in [1.29, 1.82) is 0 Å². The predicted octanol–water partition coefficient (Wildman–Crippen LogP) is 6.91. The Labute approximate surface area is 200 Å². The summed E-state index contributed by atoms with van der Waals surface area (Å²) < 4.78 is 5.02. The first-order valence-corrected chi connectivity index (χ1v) is 13.8. The summed E-state index contributed by atoms with van der Waals surface area (Å²) in [7, 11) is 0. The highest BCUT2D eigenvalue weighted by molar-refractivity contribution is 8.00. The smallest absolute Gasteiger partial charge is 0.315 e. The molecule has 0 aromatic heterocycles. The molecule has 0 heterocycles. The van der Waals surface area contributed by atoms with Gasteiger partial charge in [0.05, 0.1) is 23.7 Å². The van der Waals surface area contributed by atoms with Crippen LogP contribution in [-0.4, -0.2) is 45.9 Å². The molecule has 0 aromatic carbocycles. The predicted molar refractivity (Wildman–Crippen MR) is 135 cm³/mol. The summed E-state index contributed by atoms with van der Waals surface area (Å²) in [6.45, 7) is 5.61. The van der Waals surface area contributed by atoms with E-state index in [2.05, 4.69) is 13.0 Å². The van der Waals surface area contributed by atoms with Gasteiger partial charge in [-0.3, -0.25) is 9.59 Å². The fraction of sp³-hybridized carbons (Fsp3) is 0.846. The molecule has 0 saturated heterocycles. The number of carboxylic acids is 1. The van der Waals surface area contributed by atoms with Gasteiger partial charge in [0.2, 0.25) is 0 Å². The molecule has 5 nitrogen and oxygen atoms in total. The first-order chi connectivity index (χ1) is 15.4. The third kappa shape index (κ3) is 18.6. The highest BCUT2D eigenvalue weighted by atomic mass is 32.2. The van der Waals surface area contributed by atoms with Crippen molar-refractivity contribution in [1.82, 2.24) is 0 Å². The summed E-state index contributed by atoms with van der Waals surface area (Å²) in [5.41, 5.74) is 1.35. The van der Waals surface area contributed by atoms with Gasteiger partial charge in [0.1, 0.15) is 0 Å². The lowest BCUT2D eigenvalue weighted by atomic mass is 9.91. The van der Waals surface area contributed by atoms with E-state index in [1.165, 1.54) is 76.2 Å². The second kappa shape index (κ2) is 21.8. The summed E-state index contributed by atoms with van der Waals surface area (Å²) in [5.74, 6) is -0.666. The fourth-order valence-corrected chi connectivity index (χ4v) is 5.13. The fourth-order valence-electron chi connectivity index (χ4n) is 3.95. The van der Waals surface area contributed by atoms with Crippen LogP contribution in [0, 0.1) is 0 Å². The number of ether oxygens (including phenoxy) is 1. The lowest BCUT2D eigenvalue weighted by Crippen LogP contribution is -2.30. The number of esters is 1. The van der Waals surface area contributed by atoms with Gasteiger partial charge in [-0.2, -0.15) is 0 Å². The van der Waals surface area contributed by atoms with Gasteiger partial charge in [0.25, 0.3) is 5.97 Å².